The van der Waals surface area contributed by atoms with Gasteiger partial charge in [-0.2, -0.15) is 0 Å². The van der Waals surface area contributed by atoms with Crippen molar-refractivity contribution in [2.45, 2.75) is 0 Å². The van der Waals surface area contributed by atoms with Crippen molar-refractivity contribution in [3.8, 4) is 44.9 Å². The van der Waals surface area contributed by atoms with E-state index < -0.39 is 0 Å². The van der Waals surface area contributed by atoms with Crippen molar-refractivity contribution in [2.75, 3.05) is 0 Å². The second kappa shape index (κ2) is 10.7. The fourth-order valence-corrected chi connectivity index (χ4v) is 8.20. The van der Waals surface area contributed by atoms with Crippen molar-refractivity contribution in [1.82, 2.24) is 9.97 Å². The molecule has 0 amide bonds. The minimum Gasteiger partial charge on any atom is -0.455 e. The lowest BCUT2D eigenvalue weighted by Gasteiger charge is -2.10. The van der Waals surface area contributed by atoms with E-state index >= 15 is 0 Å². The summed E-state index contributed by atoms with van der Waals surface area (Å²) in [7, 11) is 0. The molecule has 4 heteroatoms. The summed E-state index contributed by atoms with van der Waals surface area (Å²) in [6, 6.07) is 55.4. The molecule has 224 valence electrons. The van der Waals surface area contributed by atoms with Crippen LogP contribution in [0.15, 0.2) is 162 Å². The molecule has 3 heterocycles. The maximum Gasteiger partial charge on any atom is 0.161 e. The van der Waals surface area contributed by atoms with Gasteiger partial charge in [0.05, 0.1) is 15.9 Å². The lowest BCUT2D eigenvalue weighted by atomic mass is 9.93. The van der Waals surface area contributed by atoms with Crippen molar-refractivity contribution in [3.05, 3.63) is 158 Å². The predicted octanol–water partition coefficient (Wildman–Crippen LogP) is 12.6. The molecule has 3 nitrogen and oxygen atoms in total. The fourth-order valence-electron chi connectivity index (χ4n) is 7.05. The van der Waals surface area contributed by atoms with Crippen LogP contribution in [0.2, 0.25) is 0 Å². The Morgan fingerprint density at radius 2 is 1.10 bits per heavy atom. The van der Waals surface area contributed by atoms with Crippen molar-refractivity contribution >= 4 is 64.4 Å². The Kier molecular flexibility index (Phi) is 6.05. The molecule has 0 fully saturated rings. The summed E-state index contributed by atoms with van der Waals surface area (Å²) in [6.07, 6.45) is 0. The van der Waals surface area contributed by atoms with E-state index in [9.17, 15) is 0 Å². The molecule has 0 saturated carbocycles. The Labute approximate surface area is 280 Å². The van der Waals surface area contributed by atoms with Gasteiger partial charge in [0, 0.05) is 37.4 Å². The van der Waals surface area contributed by atoms with Gasteiger partial charge < -0.3 is 4.42 Å². The Morgan fingerprint density at radius 3 is 1.90 bits per heavy atom. The van der Waals surface area contributed by atoms with Crippen LogP contribution in [0.5, 0.6) is 0 Å². The Balaban J connectivity index is 1.24. The van der Waals surface area contributed by atoms with Crippen LogP contribution in [0, 0.1) is 0 Å². The molecule has 0 aliphatic rings. The number of rotatable bonds is 4. The van der Waals surface area contributed by atoms with Crippen LogP contribution in [-0.2, 0) is 0 Å². The van der Waals surface area contributed by atoms with E-state index in [1.165, 1.54) is 21.4 Å². The number of furan rings is 1. The second-order valence-corrected chi connectivity index (χ2v) is 13.2. The first-order valence-corrected chi connectivity index (χ1v) is 16.9. The maximum absolute atomic E-state index is 6.70. The highest BCUT2D eigenvalue weighted by atomic mass is 32.1. The first-order valence-electron chi connectivity index (χ1n) is 16.1. The molecule has 3 aromatic heterocycles. The highest BCUT2D eigenvalue weighted by molar-refractivity contribution is 7.26. The molecule has 7 aromatic carbocycles. The van der Waals surface area contributed by atoms with Gasteiger partial charge in [0.1, 0.15) is 11.2 Å². The molecule has 0 bridgehead atoms. The lowest BCUT2D eigenvalue weighted by Crippen LogP contribution is -1.94. The first-order chi connectivity index (χ1) is 23.8. The third-order valence-corrected chi connectivity index (χ3v) is 10.5. The van der Waals surface area contributed by atoms with Crippen LogP contribution in [0.25, 0.3) is 97.9 Å². The van der Waals surface area contributed by atoms with E-state index in [1.54, 1.807) is 11.3 Å². The average molecular weight is 631 g/mol. The summed E-state index contributed by atoms with van der Waals surface area (Å²) in [6.45, 7) is 0. The molecule has 0 N–H and O–H groups in total. The summed E-state index contributed by atoms with van der Waals surface area (Å²) in [5, 5.41) is 5.48. The van der Waals surface area contributed by atoms with E-state index in [0.717, 1.165) is 70.7 Å². The van der Waals surface area contributed by atoms with Crippen molar-refractivity contribution in [3.63, 3.8) is 0 Å². The zero-order valence-corrected chi connectivity index (χ0v) is 26.5. The maximum atomic E-state index is 6.70. The molecule has 0 unspecified atom stereocenters. The van der Waals surface area contributed by atoms with E-state index in [0.29, 0.717) is 5.82 Å². The van der Waals surface area contributed by atoms with Crippen LogP contribution < -0.4 is 0 Å². The monoisotopic (exact) mass is 630 g/mol. The van der Waals surface area contributed by atoms with E-state index in [2.05, 4.69) is 146 Å². The molecular formula is C44H26N2OS. The normalized spacial score (nSPS) is 11.8. The number of hydrogen-bond acceptors (Lipinski definition) is 4. The van der Waals surface area contributed by atoms with Gasteiger partial charge >= 0.3 is 0 Å². The zero-order valence-electron chi connectivity index (χ0n) is 25.7. The second-order valence-electron chi connectivity index (χ2n) is 12.1. The summed E-state index contributed by atoms with van der Waals surface area (Å²) in [5.74, 6) is 0.695. The summed E-state index contributed by atoms with van der Waals surface area (Å²) in [4.78, 5) is 10.6. The van der Waals surface area contributed by atoms with E-state index in [-0.39, 0.29) is 0 Å². The number of aromatic nitrogens is 2. The number of benzene rings is 7. The fraction of sp³-hybridized carbons (Fsp3) is 0. The SMILES string of the molecule is c1ccc(-c2ccc(-c3cc4c(oc5cccc(-c6nc(-c7ccccc7)c7sc8ccccc8c7n6)c54)c4ccccc34)cc2)cc1. The van der Waals surface area contributed by atoms with Gasteiger partial charge in [0.25, 0.3) is 0 Å². The van der Waals surface area contributed by atoms with Crippen molar-refractivity contribution < 1.29 is 4.42 Å². The van der Waals surface area contributed by atoms with Crippen LogP contribution >= 0.6 is 11.3 Å². The van der Waals surface area contributed by atoms with Gasteiger partial charge in [-0.3, -0.25) is 0 Å². The predicted molar refractivity (Wildman–Crippen MR) is 201 cm³/mol. The molecule has 10 aromatic rings. The topological polar surface area (TPSA) is 38.9 Å². The summed E-state index contributed by atoms with van der Waals surface area (Å²) < 4.78 is 9.01. The molecule has 0 aliphatic carbocycles. The minimum atomic E-state index is 0.695. The number of nitrogens with zero attached hydrogens (tertiary/aromatic N) is 2. The molecule has 0 aliphatic heterocycles. The number of thiophene rings is 1. The average Bonchev–Trinajstić information content (AvgIpc) is 3.74. The molecule has 0 radical (unpaired) electrons. The first kappa shape index (κ1) is 27.1. The third kappa shape index (κ3) is 4.20. The van der Waals surface area contributed by atoms with Crippen LogP contribution in [-0.4, -0.2) is 9.97 Å². The van der Waals surface area contributed by atoms with Crippen molar-refractivity contribution in [1.29, 1.82) is 0 Å². The lowest BCUT2D eigenvalue weighted by molar-refractivity contribution is 0.673. The van der Waals surface area contributed by atoms with Crippen LogP contribution in [0.4, 0.5) is 0 Å². The van der Waals surface area contributed by atoms with Gasteiger partial charge in [0.15, 0.2) is 5.82 Å². The molecule has 10 rings (SSSR count). The quantitative estimate of drug-likeness (QED) is 0.194. The van der Waals surface area contributed by atoms with Gasteiger partial charge in [-0.1, -0.05) is 140 Å². The number of hydrogen-bond donors (Lipinski definition) is 0. The molecule has 48 heavy (non-hydrogen) atoms. The zero-order chi connectivity index (χ0) is 31.6. The highest BCUT2D eigenvalue weighted by Gasteiger charge is 2.21. The van der Waals surface area contributed by atoms with Crippen molar-refractivity contribution in [2.24, 2.45) is 0 Å². The standard InChI is InChI=1S/C44H26N2OS/c1-3-12-27(13-4-1)28-22-24-29(25-23-28)35-26-36-39-34(19-11-20-37(39)47-42(36)32-17-8-7-16-31(32)35)44-45-40(30-14-5-2-6-15-30)43-41(46-44)33-18-9-10-21-38(33)48-43/h1-26H. The van der Waals surface area contributed by atoms with E-state index in [1.807, 2.05) is 12.1 Å². The number of fused-ring (bicyclic) bond motifs is 8. The Hall–Kier alpha value is -6.10. The molecular weight excluding hydrogens is 605 g/mol. The summed E-state index contributed by atoms with van der Waals surface area (Å²) >= 11 is 1.75. The highest BCUT2D eigenvalue weighted by Crippen LogP contribution is 2.44. The Bertz CT molecular complexity index is 2820. The molecule has 0 atom stereocenters. The third-order valence-electron chi connectivity index (χ3n) is 9.31. The van der Waals surface area contributed by atoms with Gasteiger partial charge in [-0.25, -0.2) is 9.97 Å². The molecule has 0 saturated heterocycles. The van der Waals surface area contributed by atoms with Gasteiger partial charge in [0.2, 0.25) is 0 Å². The smallest absolute Gasteiger partial charge is 0.161 e. The van der Waals surface area contributed by atoms with Gasteiger partial charge in [-0.05, 0) is 45.8 Å². The van der Waals surface area contributed by atoms with Crippen LogP contribution in [0.1, 0.15) is 0 Å². The van der Waals surface area contributed by atoms with Gasteiger partial charge in [-0.15, -0.1) is 11.3 Å². The largest absolute Gasteiger partial charge is 0.455 e. The Morgan fingerprint density at radius 1 is 0.458 bits per heavy atom. The minimum absolute atomic E-state index is 0.695. The molecule has 0 spiro atoms. The summed E-state index contributed by atoms with van der Waals surface area (Å²) in [5.41, 5.74) is 10.4. The van der Waals surface area contributed by atoms with E-state index in [4.69, 9.17) is 14.4 Å². The van der Waals surface area contributed by atoms with Crippen LogP contribution in [0.3, 0.4) is 0 Å².